The molecule has 4 nitrogen and oxygen atoms in total. The first-order valence-corrected chi connectivity index (χ1v) is 7.30. The van der Waals surface area contributed by atoms with E-state index in [-0.39, 0.29) is 5.91 Å². The lowest BCUT2D eigenvalue weighted by Gasteiger charge is -2.09. The summed E-state index contributed by atoms with van der Waals surface area (Å²) >= 11 is 1.35. The van der Waals surface area contributed by atoms with Crippen LogP contribution in [0.1, 0.15) is 9.67 Å². The van der Waals surface area contributed by atoms with Crippen molar-refractivity contribution in [2.75, 3.05) is 14.1 Å². The van der Waals surface area contributed by atoms with Crippen molar-refractivity contribution in [2.45, 2.75) is 0 Å². The van der Waals surface area contributed by atoms with Crippen molar-refractivity contribution in [3.8, 4) is 22.0 Å². The largest absolute Gasteiger partial charge is 0.462 e. The molecule has 0 bridgehead atoms. The van der Waals surface area contributed by atoms with Crippen molar-refractivity contribution in [3.63, 3.8) is 0 Å². The van der Waals surface area contributed by atoms with Crippen LogP contribution in [-0.2, 0) is 0 Å². The number of hydrogen-bond acceptors (Lipinski definition) is 4. The maximum Gasteiger partial charge on any atom is 0.265 e. The van der Waals surface area contributed by atoms with Crippen LogP contribution in [0.15, 0.2) is 53.1 Å². The van der Waals surface area contributed by atoms with Gasteiger partial charge in [-0.2, -0.15) is 0 Å². The van der Waals surface area contributed by atoms with E-state index in [9.17, 15) is 4.79 Å². The predicted octanol–water partition coefficient (Wildman–Crippen LogP) is 3.77. The second-order valence-electron chi connectivity index (χ2n) is 4.74. The average Bonchev–Trinajstić information content (AvgIpc) is 3.16. The molecule has 0 saturated heterocycles. The summed E-state index contributed by atoms with van der Waals surface area (Å²) in [6, 6.07) is 13.4. The fraction of sp³-hybridized carbons (Fsp3) is 0.125. The van der Waals surface area contributed by atoms with Gasteiger partial charge in [0.1, 0.15) is 4.88 Å². The molecule has 2 aromatic heterocycles. The SMILES string of the molecule is CN(C)C(=O)c1sc(-c2ccco2)nc1-c1ccccc1. The van der Waals surface area contributed by atoms with Crippen molar-refractivity contribution in [1.29, 1.82) is 0 Å². The van der Waals surface area contributed by atoms with Gasteiger partial charge in [0.15, 0.2) is 10.8 Å². The summed E-state index contributed by atoms with van der Waals surface area (Å²) < 4.78 is 5.39. The molecule has 2 heterocycles. The number of carbonyl (C=O) groups excluding carboxylic acids is 1. The number of amides is 1. The summed E-state index contributed by atoms with van der Waals surface area (Å²) in [4.78, 5) is 19.2. The molecule has 5 heteroatoms. The van der Waals surface area contributed by atoms with Crippen LogP contribution < -0.4 is 0 Å². The molecule has 0 aliphatic rings. The van der Waals surface area contributed by atoms with Crippen LogP contribution in [0.4, 0.5) is 0 Å². The summed E-state index contributed by atoms with van der Waals surface area (Å²) in [7, 11) is 3.48. The van der Waals surface area contributed by atoms with Gasteiger partial charge in [0.05, 0.1) is 12.0 Å². The summed E-state index contributed by atoms with van der Waals surface area (Å²) in [6.45, 7) is 0. The van der Waals surface area contributed by atoms with Crippen LogP contribution in [0.5, 0.6) is 0 Å². The fourth-order valence-electron chi connectivity index (χ4n) is 1.97. The van der Waals surface area contributed by atoms with Gasteiger partial charge >= 0.3 is 0 Å². The van der Waals surface area contributed by atoms with Gasteiger partial charge in [-0.1, -0.05) is 30.3 Å². The van der Waals surface area contributed by atoms with Crippen molar-refractivity contribution in [1.82, 2.24) is 9.88 Å². The van der Waals surface area contributed by atoms with Crippen molar-refractivity contribution < 1.29 is 9.21 Å². The van der Waals surface area contributed by atoms with Crippen LogP contribution in [0.2, 0.25) is 0 Å². The summed E-state index contributed by atoms with van der Waals surface area (Å²) in [5.41, 5.74) is 1.63. The van der Waals surface area contributed by atoms with Crippen LogP contribution in [-0.4, -0.2) is 29.9 Å². The molecule has 0 fully saturated rings. The number of benzene rings is 1. The summed E-state index contributed by atoms with van der Waals surface area (Å²) in [6.07, 6.45) is 1.60. The number of hydrogen-bond donors (Lipinski definition) is 0. The number of aromatic nitrogens is 1. The van der Waals surface area contributed by atoms with E-state index in [0.717, 1.165) is 5.56 Å². The molecule has 1 aromatic carbocycles. The highest BCUT2D eigenvalue weighted by Gasteiger charge is 2.22. The monoisotopic (exact) mass is 298 g/mol. The number of rotatable bonds is 3. The van der Waals surface area contributed by atoms with E-state index in [0.29, 0.717) is 21.3 Å². The quantitative estimate of drug-likeness (QED) is 0.739. The number of nitrogens with zero attached hydrogens (tertiary/aromatic N) is 2. The third kappa shape index (κ3) is 2.60. The van der Waals surface area contributed by atoms with Gasteiger partial charge in [-0.3, -0.25) is 4.79 Å². The lowest BCUT2D eigenvalue weighted by Crippen LogP contribution is -2.21. The predicted molar refractivity (Wildman–Crippen MR) is 83.3 cm³/mol. The highest BCUT2D eigenvalue weighted by Crippen LogP contribution is 2.34. The highest BCUT2D eigenvalue weighted by molar-refractivity contribution is 7.17. The molecule has 106 valence electrons. The Bertz CT molecular complexity index is 746. The third-order valence-corrected chi connectivity index (χ3v) is 4.06. The molecule has 0 aliphatic heterocycles. The molecule has 0 spiro atoms. The van der Waals surface area contributed by atoms with Gasteiger partial charge in [-0.25, -0.2) is 4.98 Å². The Morgan fingerprint density at radius 2 is 1.90 bits per heavy atom. The molecule has 0 radical (unpaired) electrons. The van der Waals surface area contributed by atoms with E-state index in [4.69, 9.17) is 4.42 Å². The minimum atomic E-state index is -0.0517. The Hall–Kier alpha value is -2.40. The Labute approximate surface area is 126 Å². The third-order valence-electron chi connectivity index (χ3n) is 3.01. The maximum atomic E-state index is 12.4. The van der Waals surface area contributed by atoms with Gasteiger partial charge in [-0.15, -0.1) is 11.3 Å². The Morgan fingerprint density at radius 3 is 2.52 bits per heavy atom. The number of furan rings is 1. The minimum Gasteiger partial charge on any atom is -0.462 e. The van der Waals surface area contributed by atoms with E-state index in [2.05, 4.69) is 4.98 Å². The zero-order valence-corrected chi connectivity index (χ0v) is 12.6. The van der Waals surface area contributed by atoms with E-state index in [1.54, 1.807) is 25.3 Å². The molecular weight excluding hydrogens is 284 g/mol. The van der Waals surface area contributed by atoms with Crippen molar-refractivity contribution in [3.05, 3.63) is 53.6 Å². The number of thiazole rings is 1. The van der Waals surface area contributed by atoms with Crippen LogP contribution in [0, 0.1) is 0 Å². The second-order valence-corrected chi connectivity index (χ2v) is 5.74. The Kier molecular flexibility index (Phi) is 3.58. The Morgan fingerprint density at radius 1 is 1.14 bits per heavy atom. The van der Waals surface area contributed by atoms with E-state index in [1.165, 1.54) is 11.3 Å². The smallest absolute Gasteiger partial charge is 0.265 e. The molecule has 0 unspecified atom stereocenters. The van der Waals surface area contributed by atoms with Crippen molar-refractivity contribution in [2.24, 2.45) is 0 Å². The highest BCUT2D eigenvalue weighted by atomic mass is 32.1. The van der Waals surface area contributed by atoms with E-state index >= 15 is 0 Å². The lowest BCUT2D eigenvalue weighted by molar-refractivity contribution is 0.0832. The molecule has 21 heavy (non-hydrogen) atoms. The van der Waals surface area contributed by atoms with Gasteiger partial charge in [-0.05, 0) is 12.1 Å². The Balaban J connectivity index is 2.15. The molecule has 0 aliphatic carbocycles. The van der Waals surface area contributed by atoms with Crippen LogP contribution >= 0.6 is 11.3 Å². The first-order valence-electron chi connectivity index (χ1n) is 6.48. The van der Waals surface area contributed by atoms with Crippen LogP contribution in [0.3, 0.4) is 0 Å². The van der Waals surface area contributed by atoms with E-state index in [1.807, 2.05) is 42.5 Å². The zero-order valence-electron chi connectivity index (χ0n) is 11.7. The summed E-state index contributed by atoms with van der Waals surface area (Å²) in [5.74, 6) is 0.624. The fourth-order valence-corrected chi connectivity index (χ4v) is 3.04. The van der Waals surface area contributed by atoms with Crippen molar-refractivity contribution >= 4 is 17.2 Å². The zero-order chi connectivity index (χ0) is 14.8. The maximum absolute atomic E-state index is 12.4. The average molecular weight is 298 g/mol. The molecular formula is C16H14N2O2S. The lowest BCUT2D eigenvalue weighted by atomic mass is 10.1. The van der Waals surface area contributed by atoms with Gasteiger partial charge < -0.3 is 9.32 Å². The molecule has 0 saturated carbocycles. The topological polar surface area (TPSA) is 46.3 Å². The minimum absolute atomic E-state index is 0.0517. The van der Waals surface area contributed by atoms with Gasteiger partial charge in [0, 0.05) is 19.7 Å². The molecule has 0 atom stereocenters. The first-order chi connectivity index (χ1) is 10.2. The normalized spacial score (nSPS) is 10.6. The molecule has 0 N–H and O–H groups in total. The van der Waals surface area contributed by atoms with Crippen LogP contribution in [0.25, 0.3) is 22.0 Å². The van der Waals surface area contributed by atoms with Gasteiger partial charge in [0.2, 0.25) is 0 Å². The molecule has 3 rings (SSSR count). The number of carbonyl (C=O) groups is 1. The molecule has 3 aromatic rings. The standard InChI is InChI=1S/C16H14N2O2S/c1-18(2)16(19)14-13(11-7-4-3-5-8-11)17-15(21-14)12-9-6-10-20-12/h3-10H,1-2H3. The summed E-state index contributed by atoms with van der Waals surface area (Å²) in [5, 5.41) is 0.712. The first kappa shape index (κ1) is 13.6. The van der Waals surface area contributed by atoms with Gasteiger partial charge in [0.25, 0.3) is 5.91 Å². The van der Waals surface area contributed by atoms with E-state index < -0.39 is 0 Å². The molecule has 1 amide bonds. The second kappa shape index (κ2) is 5.54.